The molecular weight excluding hydrogens is 332 g/mol. The zero-order valence-corrected chi connectivity index (χ0v) is 15.1. The average molecular weight is 356 g/mol. The van der Waals surface area contributed by atoms with Crippen LogP contribution in [0.5, 0.6) is 0 Å². The predicted molar refractivity (Wildman–Crippen MR) is 98.0 cm³/mol. The summed E-state index contributed by atoms with van der Waals surface area (Å²) >= 11 is 0. The molecule has 7 heteroatoms. The van der Waals surface area contributed by atoms with Crippen LogP contribution >= 0.6 is 0 Å². The Morgan fingerprint density at radius 1 is 1.23 bits per heavy atom. The number of carbonyl (C=O) groups excluding carboxylic acids is 2. The Bertz CT molecular complexity index is 769. The molecular formula is C19H24N4O3. The smallest absolute Gasteiger partial charge is 0.338 e. The molecule has 1 aromatic heterocycles. The van der Waals surface area contributed by atoms with Crippen LogP contribution in [0.4, 0.5) is 10.5 Å². The highest BCUT2D eigenvalue weighted by Crippen LogP contribution is 2.32. The highest BCUT2D eigenvalue weighted by atomic mass is 16.5. The molecule has 3 rings (SSSR count). The van der Waals surface area contributed by atoms with E-state index in [4.69, 9.17) is 4.74 Å². The summed E-state index contributed by atoms with van der Waals surface area (Å²) in [7, 11) is 0. The molecule has 1 aliphatic rings. The van der Waals surface area contributed by atoms with Gasteiger partial charge in [0, 0.05) is 25.0 Å². The monoisotopic (exact) mass is 356 g/mol. The lowest BCUT2D eigenvalue weighted by atomic mass is 10.1. The summed E-state index contributed by atoms with van der Waals surface area (Å²) in [6.45, 7) is 5.64. The van der Waals surface area contributed by atoms with Crippen LogP contribution in [0.1, 0.15) is 48.8 Å². The number of rotatable bonds is 5. The lowest BCUT2D eigenvalue weighted by molar-refractivity contribution is 0.0526. The third-order valence-electron chi connectivity index (χ3n) is 4.55. The summed E-state index contributed by atoms with van der Waals surface area (Å²) in [5.41, 5.74) is 2.19. The Labute approximate surface area is 152 Å². The molecule has 0 radical (unpaired) electrons. The Hall–Kier alpha value is -2.83. The highest BCUT2D eigenvalue weighted by Gasteiger charge is 2.32. The normalized spacial score (nSPS) is 16.5. The van der Waals surface area contributed by atoms with E-state index in [0.29, 0.717) is 24.4 Å². The Balaban J connectivity index is 1.68. The number of nitrogens with zero attached hydrogens (tertiary/aromatic N) is 3. The van der Waals surface area contributed by atoms with E-state index in [1.807, 2.05) is 22.6 Å². The number of urea groups is 1. The van der Waals surface area contributed by atoms with Gasteiger partial charge in [-0.2, -0.15) is 5.10 Å². The SMILES string of the molecule is CCOC(=O)c1ccc(NC(=O)N2CCC[C@@H]2c2ccnn2CC)cc1. The molecule has 1 atom stereocenters. The van der Waals surface area contributed by atoms with Crippen molar-refractivity contribution in [3.8, 4) is 0 Å². The topological polar surface area (TPSA) is 76.5 Å². The molecule has 1 aliphatic heterocycles. The van der Waals surface area contributed by atoms with Gasteiger partial charge >= 0.3 is 12.0 Å². The Morgan fingerprint density at radius 2 is 2.00 bits per heavy atom. The van der Waals surface area contributed by atoms with Gasteiger partial charge in [0.05, 0.1) is 23.9 Å². The minimum Gasteiger partial charge on any atom is -0.462 e. The number of likely N-dealkylation sites (tertiary alicyclic amines) is 1. The van der Waals surface area contributed by atoms with Crippen LogP contribution in [-0.4, -0.2) is 39.8 Å². The molecule has 2 heterocycles. The summed E-state index contributed by atoms with van der Waals surface area (Å²) in [4.78, 5) is 26.3. The van der Waals surface area contributed by atoms with E-state index in [9.17, 15) is 9.59 Å². The van der Waals surface area contributed by atoms with Gasteiger partial charge in [-0.3, -0.25) is 4.68 Å². The fourth-order valence-corrected chi connectivity index (χ4v) is 3.31. The molecule has 1 fully saturated rings. The van der Waals surface area contributed by atoms with Gasteiger partial charge in [-0.15, -0.1) is 0 Å². The van der Waals surface area contributed by atoms with Crippen molar-refractivity contribution in [3.63, 3.8) is 0 Å². The van der Waals surface area contributed by atoms with Gasteiger partial charge in [0.2, 0.25) is 0 Å². The maximum absolute atomic E-state index is 12.7. The number of anilines is 1. The number of esters is 1. The van der Waals surface area contributed by atoms with Crippen molar-refractivity contribution in [1.29, 1.82) is 0 Å². The largest absolute Gasteiger partial charge is 0.462 e. The summed E-state index contributed by atoms with van der Waals surface area (Å²) < 4.78 is 6.90. The molecule has 1 saturated heterocycles. The molecule has 2 amide bonds. The minimum atomic E-state index is -0.363. The number of aromatic nitrogens is 2. The summed E-state index contributed by atoms with van der Waals surface area (Å²) in [6.07, 6.45) is 3.68. The van der Waals surface area contributed by atoms with Gasteiger partial charge in [0.15, 0.2) is 0 Å². The first-order valence-corrected chi connectivity index (χ1v) is 9.00. The van der Waals surface area contributed by atoms with Crippen LogP contribution in [0.3, 0.4) is 0 Å². The van der Waals surface area contributed by atoms with E-state index in [0.717, 1.165) is 25.1 Å². The molecule has 0 saturated carbocycles. The maximum Gasteiger partial charge on any atom is 0.338 e. The zero-order chi connectivity index (χ0) is 18.5. The van der Waals surface area contributed by atoms with Crippen LogP contribution in [0.25, 0.3) is 0 Å². The molecule has 0 bridgehead atoms. The van der Waals surface area contributed by atoms with Crippen LogP contribution in [0, 0.1) is 0 Å². The number of benzene rings is 1. The average Bonchev–Trinajstić information content (AvgIpc) is 3.31. The van der Waals surface area contributed by atoms with Crippen molar-refractivity contribution in [2.75, 3.05) is 18.5 Å². The number of hydrogen-bond donors (Lipinski definition) is 1. The summed E-state index contributed by atoms with van der Waals surface area (Å²) in [6, 6.07) is 8.62. The molecule has 1 N–H and O–H groups in total. The first-order valence-electron chi connectivity index (χ1n) is 9.00. The number of ether oxygens (including phenoxy) is 1. The highest BCUT2D eigenvalue weighted by molar-refractivity contribution is 5.92. The molecule has 138 valence electrons. The van der Waals surface area contributed by atoms with E-state index in [-0.39, 0.29) is 18.0 Å². The van der Waals surface area contributed by atoms with Gasteiger partial charge in [0.25, 0.3) is 0 Å². The van der Waals surface area contributed by atoms with E-state index in [1.54, 1.807) is 37.4 Å². The molecule has 2 aromatic rings. The third-order valence-corrected chi connectivity index (χ3v) is 4.55. The molecule has 0 aliphatic carbocycles. The van der Waals surface area contributed by atoms with Crippen molar-refractivity contribution >= 4 is 17.7 Å². The van der Waals surface area contributed by atoms with Gasteiger partial charge in [-0.1, -0.05) is 0 Å². The second kappa shape index (κ2) is 8.03. The maximum atomic E-state index is 12.7. The van der Waals surface area contributed by atoms with Crippen molar-refractivity contribution in [2.45, 2.75) is 39.3 Å². The Kier molecular flexibility index (Phi) is 5.55. The molecule has 26 heavy (non-hydrogen) atoms. The van der Waals surface area contributed by atoms with Gasteiger partial charge in [0.1, 0.15) is 0 Å². The van der Waals surface area contributed by atoms with Crippen molar-refractivity contribution < 1.29 is 14.3 Å². The quantitative estimate of drug-likeness (QED) is 0.833. The van der Waals surface area contributed by atoms with Crippen molar-refractivity contribution in [1.82, 2.24) is 14.7 Å². The van der Waals surface area contributed by atoms with Crippen molar-refractivity contribution in [3.05, 3.63) is 47.8 Å². The fourth-order valence-electron chi connectivity index (χ4n) is 3.31. The summed E-state index contributed by atoms with van der Waals surface area (Å²) in [5, 5.41) is 7.23. The van der Waals surface area contributed by atoms with E-state index in [2.05, 4.69) is 10.4 Å². The fraction of sp³-hybridized carbons (Fsp3) is 0.421. The van der Waals surface area contributed by atoms with Crippen LogP contribution < -0.4 is 5.32 Å². The summed E-state index contributed by atoms with van der Waals surface area (Å²) in [5.74, 6) is -0.363. The molecule has 7 nitrogen and oxygen atoms in total. The minimum absolute atomic E-state index is 0.0382. The second-order valence-corrected chi connectivity index (χ2v) is 6.15. The standard InChI is InChI=1S/C19H24N4O3/c1-3-23-17(11-12-20-23)16-6-5-13-22(16)19(25)21-15-9-7-14(8-10-15)18(24)26-4-2/h7-12,16H,3-6,13H2,1-2H3,(H,21,25)/t16-/m1/s1. The molecule has 0 spiro atoms. The number of amides is 2. The second-order valence-electron chi connectivity index (χ2n) is 6.15. The van der Waals surface area contributed by atoms with Gasteiger partial charge in [-0.05, 0) is 57.0 Å². The van der Waals surface area contributed by atoms with Crippen LogP contribution in [-0.2, 0) is 11.3 Å². The third kappa shape index (κ3) is 3.71. The zero-order valence-electron chi connectivity index (χ0n) is 15.1. The Morgan fingerprint density at radius 3 is 2.69 bits per heavy atom. The number of hydrogen-bond acceptors (Lipinski definition) is 4. The first-order chi connectivity index (χ1) is 12.6. The van der Waals surface area contributed by atoms with E-state index >= 15 is 0 Å². The number of aryl methyl sites for hydroxylation is 1. The van der Waals surface area contributed by atoms with Crippen LogP contribution in [0.2, 0.25) is 0 Å². The van der Waals surface area contributed by atoms with Crippen LogP contribution in [0.15, 0.2) is 36.5 Å². The van der Waals surface area contributed by atoms with Gasteiger partial charge < -0.3 is 15.0 Å². The van der Waals surface area contributed by atoms with E-state index < -0.39 is 0 Å². The first kappa shape index (κ1) is 18.0. The number of nitrogens with one attached hydrogen (secondary N) is 1. The van der Waals surface area contributed by atoms with Crippen molar-refractivity contribution in [2.24, 2.45) is 0 Å². The molecule has 1 aromatic carbocycles. The predicted octanol–water partition coefficient (Wildman–Crippen LogP) is 3.45. The van der Waals surface area contributed by atoms with E-state index in [1.165, 1.54) is 0 Å². The lowest BCUT2D eigenvalue weighted by Gasteiger charge is -2.25. The lowest BCUT2D eigenvalue weighted by Crippen LogP contribution is -2.35. The number of carbonyl (C=O) groups is 2. The van der Waals surface area contributed by atoms with Gasteiger partial charge in [-0.25, -0.2) is 9.59 Å². The molecule has 0 unspecified atom stereocenters.